The first-order valence-corrected chi connectivity index (χ1v) is 8.81. The lowest BCUT2D eigenvalue weighted by Gasteiger charge is -2.12. The number of primary amides is 1. The molecule has 140 valence electrons. The van der Waals surface area contributed by atoms with E-state index in [0.29, 0.717) is 32.5 Å². The fourth-order valence-electron chi connectivity index (χ4n) is 2.71. The molecular weight excluding hydrogens is 330 g/mol. The second-order valence-corrected chi connectivity index (χ2v) is 6.47. The van der Waals surface area contributed by atoms with Gasteiger partial charge in [-0.2, -0.15) is 0 Å². The monoisotopic (exact) mass is 357 g/mol. The van der Waals surface area contributed by atoms with Crippen molar-refractivity contribution in [2.75, 3.05) is 13.7 Å². The van der Waals surface area contributed by atoms with Crippen LogP contribution in [0.5, 0.6) is 0 Å². The Kier molecular flexibility index (Phi) is 7.56. The van der Waals surface area contributed by atoms with E-state index in [9.17, 15) is 9.59 Å². The molecule has 0 saturated carbocycles. The van der Waals surface area contributed by atoms with Crippen molar-refractivity contribution in [2.24, 2.45) is 11.5 Å². The third-order valence-corrected chi connectivity index (χ3v) is 4.25. The van der Waals surface area contributed by atoms with Gasteiger partial charge in [-0.15, -0.1) is 0 Å². The highest BCUT2D eigenvalue weighted by atomic mass is 16.5. The van der Waals surface area contributed by atoms with Gasteiger partial charge in [-0.05, 0) is 40.8 Å². The Morgan fingerprint density at radius 1 is 1.08 bits per heavy atom. The van der Waals surface area contributed by atoms with E-state index >= 15 is 0 Å². The van der Waals surface area contributed by atoms with Crippen LogP contribution in [0.1, 0.15) is 30.4 Å². The molecule has 0 heterocycles. The summed E-state index contributed by atoms with van der Waals surface area (Å²) in [4.78, 5) is 22.2. The van der Waals surface area contributed by atoms with E-state index in [2.05, 4.69) is 35.6 Å². The number of rotatable bonds is 10. The van der Waals surface area contributed by atoms with Gasteiger partial charge in [0.05, 0.1) is 13.2 Å². The molecule has 0 saturated heterocycles. The molecule has 6 heteroatoms. The Morgan fingerprint density at radius 2 is 1.77 bits per heavy atom. The van der Waals surface area contributed by atoms with Gasteiger partial charge < -0.3 is 21.5 Å². The van der Waals surface area contributed by atoms with Crippen molar-refractivity contribution in [3.05, 3.63) is 47.5 Å². The molecule has 2 aromatic carbocycles. The maximum Gasteiger partial charge on any atom is 0.220 e. The molecule has 0 fully saturated rings. The SMILES string of the molecule is CNC(=O)CCc1ccc2ccc(COCC(N)CCC(N)=O)cc2c1. The molecule has 6 nitrogen and oxygen atoms in total. The van der Waals surface area contributed by atoms with E-state index in [4.69, 9.17) is 16.2 Å². The first-order valence-electron chi connectivity index (χ1n) is 8.81. The first kappa shape index (κ1) is 19.9. The van der Waals surface area contributed by atoms with Gasteiger partial charge in [-0.3, -0.25) is 9.59 Å². The second kappa shape index (κ2) is 9.89. The maximum atomic E-state index is 11.4. The average molecular weight is 357 g/mol. The number of nitrogens with one attached hydrogen (secondary N) is 1. The first-order chi connectivity index (χ1) is 12.5. The number of benzene rings is 2. The Morgan fingerprint density at radius 3 is 2.46 bits per heavy atom. The zero-order chi connectivity index (χ0) is 18.9. The zero-order valence-corrected chi connectivity index (χ0v) is 15.2. The highest BCUT2D eigenvalue weighted by Gasteiger charge is 2.06. The summed E-state index contributed by atoms with van der Waals surface area (Å²) in [5, 5.41) is 4.91. The van der Waals surface area contributed by atoms with Crippen LogP contribution in [0, 0.1) is 0 Å². The van der Waals surface area contributed by atoms with Crippen LogP contribution in [0.4, 0.5) is 0 Å². The lowest BCUT2D eigenvalue weighted by molar-refractivity contribution is -0.120. The summed E-state index contributed by atoms with van der Waals surface area (Å²) in [6.45, 7) is 0.847. The summed E-state index contributed by atoms with van der Waals surface area (Å²) >= 11 is 0. The van der Waals surface area contributed by atoms with E-state index in [1.165, 1.54) is 0 Å². The minimum absolute atomic E-state index is 0.0416. The van der Waals surface area contributed by atoms with Crippen LogP contribution in [0.25, 0.3) is 10.8 Å². The highest BCUT2D eigenvalue weighted by Crippen LogP contribution is 2.19. The molecule has 0 aliphatic rings. The minimum atomic E-state index is -0.345. The normalized spacial score (nSPS) is 12.1. The third kappa shape index (κ3) is 6.46. The van der Waals surface area contributed by atoms with Gasteiger partial charge in [-0.1, -0.05) is 30.3 Å². The Balaban J connectivity index is 1.92. The van der Waals surface area contributed by atoms with Crippen molar-refractivity contribution < 1.29 is 14.3 Å². The topological polar surface area (TPSA) is 107 Å². The number of aryl methyl sites for hydroxylation is 1. The molecular formula is C20H27N3O3. The van der Waals surface area contributed by atoms with Crippen molar-refractivity contribution in [3.63, 3.8) is 0 Å². The van der Waals surface area contributed by atoms with Gasteiger partial charge in [0.2, 0.25) is 11.8 Å². The third-order valence-electron chi connectivity index (χ3n) is 4.25. The number of hydrogen-bond donors (Lipinski definition) is 3. The number of hydrogen-bond acceptors (Lipinski definition) is 4. The number of carbonyl (C=O) groups excluding carboxylic acids is 2. The minimum Gasteiger partial charge on any atom is -0.375 e. The molecule has 1 atom stereocenters. The molecule has 0 aliphatic heterocycles. The molecule has 2 aromatic rings. The number of amides is 2. The van der Waals surface area contributed by atoms with Crippen molar-refractivity contribution in [2.45, 2.75) is 38.3 Å². The van der Waals surface area contributed by atoms with Gasteiger partial charge in [0.25, 0.3) is 0 Å². The van der Waals surface area contributed by atoms with Gasteiger partial charge in [0.15, 0.2) is 0 Å². The van der Waals surface area contributed by atoms with Crippen molar-refractivity contribution in [3.8, 4) is 0 Å². The summed E-state index contributed by atoms with van der Waals surface area (Å²) in [6.07, 6.45) is 2.00. The van der Waals surface area contributed by atoms with Crippen LogP contribution in [0.2, 0.25) is 0 Å². The molecule has 0 spiro atoms. The average Bonchev–Trinajstić information content (AvgIpc) is 2.64. The highest BCUT2D eigenvalue weighted by molar-refractivity contribution is 5.84. The van der Waals surface area contributed by atoms with E-state index in [0.717, 1.165) is 21.9 Å². The molecule has 2 rings (SSSR count). The second-order valence-electron chi connectivity index (χ2n) is 6.47. The molecule has 2 amide bonds. The van der Waals surface area contributed by atoms with Crippen LogP contribution in [0.15, 0.2) is 36.4 Å². The van der Waals surface area contributed by atoms with Gasteiger partial charge in [0, 0.05) is 25.9 Å². The maximum absolute atomic E-state index is 11.4. The Bertz CT molecular complexity index is 761. The van der Waals surface area contributed by atoms with Gasteiger partial charge in [0.1, 0.15) is 0 Å². The smallest absolute Gasteiger partial charge is 0.220 e. The summed E-state index contributed by atoms with van der Waals surface area (Å²) in [6, 6.07) is 12.2. The number of fused-ring (bicyclic) bond motifs is 1. The van der Waals surface area contributed by atoms with Crippen LogP contribution in [-0.4, -0.2) is 31.5 Å². The lowest BCUT2D eigenvalue weighted by Crippen LogP contribution is -2.28. The summed E-state index contributed by atoms with van der Waals surface area (Å²) < 4.78 is 5.66. The van der Waals surface area contributed by atoms with Crippen molar-refractivity contribution >= 4 is 22.6 Å². The number of ether oxygens (including phenoxy) is 1. The van der Waals surface area contributed by atoms with Crippen molar-refractivity contribution in [1.82, 2.24) is 5.32 Å². The summed E-state index contributed by atoms with van der Waals surface area (Å²) in [5.41, 5.74) is 13.2. The van der Waals surface area contributed by atoms with E-state index in [1.54, 1.807) is 7.05 Å². The number of nitrogens with two attached hydrogens (primary N) is 2. The summed E-state index contributed by atoms with van der Waals surface area (Å²) in [7, 11) is 1.65. The van der Waals surface area contributed by atoms with Crippen LogP contribution in [-0.2, 0) is 27.4 Å². The Labute approximate surface area is 153 Å². The molecule has 0 aromatic heterocycles. The quantitative estimate of drug-likeness (QED) is 0.600. The molecule has 0 bridgehead atoms. The van der Waals surface area contributed by atoms with E-state index in [1.807, 2.05) is 6.07 Å². The van der Waals surface area contributed by atoms with Crippen molar-refractivity contribution in [1.29, 1.82) is 0 Å². The zero-order valence-electron chi connectivity index (χ0n) is 15.2. The van der Waals surface area contributed by atoms with Gasteiger partial charge in [-0.25, -0.2) is 0 Å². The fourth-order valence-corrected chi connectivity index (χ4v) is 2.71. The predicted molar refractivity (Wildman–Crippen MR) is 102 cm³/mol. The lowest BCUT2D eigenvalue weighted by atomic mass is 10.0. The molecule has 0 radical (unpaired) electrons. The summed E-state index contributed by atoms with van der Waals surface area (Å²) in [5.74, 6) is -0.304. The molecule has 26 heavy (non-hydrogen) atoms. The van der Waals surface area contributed by atoms with E-state index < -0.39 is 0 Å². The number of carbonyl (C=O) groups is 2. The fraction of sp³-hybridized carbons (Fsp3) is 0.400. The molecule has 1 unspecified atom stereocenters. The molecule has 0 aliphatic carbocycles. The van der Waals surface area contributed by atoms with Crippen LogP contribution >= 0.6 is 0 Å². The molecule has 5 N–H and O–H groups in total. The standard InChI is InChI=1S/C20H27N3O3/c1-23-20(25)9-4-14-2-5-16-6-3-15(11-17(16)10-14)12-26-13-18(21)7-8-19(22)24/h2-3,5-6,10-11,18H,4,7-9,12-13,21H2,1H3,(H2,22,24)(H,23,25). The van der Waals surface area contributed by atoms with E-state index in [-0.39, 0.29) is 24.3 Å². The Hall–Kier alpha value is -2.44. The largest absolute Gasteiger partial charge is 0.375 e. The van der Waals surface area contributed by atoms with Crippen LogP contribution in [0.3, 0.4) is 0 Å². The predicted octanol–water partition coefficient (Wildman–Crippen LogP) is 1.63. The van der Waals surface area contributed by atoms with Crippen LogP contribution < -0.4 is 16.8 Å². The van der Waals surface area contributed by atoms with Gasteiger partial charge >= 0.3 is 0 Å².